The average Bonchev–Trinajstić information content (AvgIpc) is 2.93. The van der Waals surface area contributed by atoms with Crippen LogP contribution in [0.25, 0.3) is 0 Å². The van der Waals surface area contributed by atoms with Crippen LogP contribution in [0.3, 0.4) is 0 Å². The van der Waals surface area contributed by atoms with Crippen molar-refractivity contribution in [3.63, 3.8) is 0 Å². The number of nitrogens with zero attached hydrogens (tertiary/aromatic N) is 2. The van der Waals surface area contributed by atoms with E-state index in [1.165, 1.54) is 11.1 Å². The van der Waals surface area contributed by atoms with E-state index in [2.05, 4.69) is 23.5 Å². The van der Waals surface area contributed by atoms with E-state index in [0.717, 1.165) is 70.4 Å². The highest BCUT2D eigenvalue weighted by Crippen LogP contribution is 2.30. The largest absolute Gasteiger partial charge is 0.480 e. The predicted octanol–water partition coefficient (Wildman–Crippen LogP) is 2.03. The van der Waals surface area contributed by atoms with Crippen LogP contribution in [0.5, 0.6) is 0 Å². The summed E-state index contributed by atoms with van der Waals surface area (Å²) in [7, 11) is 0. The SMILES string of the molecule is O=C(O)COC1CCC(N2CCN(c3ccc4c(c3)CCNCC4)C2=O)CC1. The zero-order chi connectivity index (χ0) is 19.5. The van der Waals surface area contributed by atoms with Crippen molar-refractivity contribution in [3.8, 4) is 0 Å². The van der Waals surface area contributed by atoms with Crippen molar-refractivity contribution < 1.29 is 19.4 Å². The molecule has 2 heterocycles. The summed E-state index contributed by atoms with van der Waals surface area (Å²) in [4.78, 5) is 27.6. The van der Waals surface area contributed by atoms with Gasteiger partial charge < -0.3 is 20.1 Å². The third-order valence-electron chi connectivity index (χ3n) is 6.21. The molecule has 1 saturated heterocycles. The number of nitrogens with one attached hydrogen (secondary N) is 1. The number of hydrogen-bond donors (Lipinski definition) is 2. The lowest BCUT2D eigenvalue weighted by atomic mass is 9.92. The second kappa shape index (κ2) is 8.49. The van der Waals surface area contributed by atoms with E-state index in [1.54, 1.807) is 0 Å². The molecule has 152 valence electrons. The van der Waals surface area contributed by atoms with Gasteiger partial charge in [-0.1, -0.05) is 6.07 Å². The van der Waals surface area contributed by atoms with Gasteiger partial charge in [0.1, 0.15) is 6.61 Å². The van der Waals surface area contributed by atoms with Crippen molar-refractivity contribution in [2.24, 2.45) is 0 Å². The number of benzene rings is 1. The molecule has 1 saturated carbocycles. The summed E-state index contributed by atoms with van der Waals surface area (Å²) in [5.74, 6) is -0.927. The van der Waals surface area contributed by atoms with E-state index < -0.39 is 5.97 Å². The molecule has 0 spiro atoms. The normalized spacial score (nSPS) is 25.5. The molecule has 1 aliphatic carbocycles. The number of aliphatic carboxylic acids is 1. The molecule has 1 aromatic rings. The van der Waals surface area contributed by atoms with Gasteiger partial charge in [0.05, 0.1) is 6.10 Å². The topological polar surface area (TPSA) is 82.1 Å². The Kier molecular flexibility index (Phi) is 5.82. The highest BCUT2D eigenvalue weighted by Gasteiger charge is 2.36. The van der Waals surface area contributed by atoms with Gasteiger partial charge in [-0.05, 0) is 74.9 Å². The number of amides is 2. The minimum Gasteiger partial charge on any atom is -0.480 e. The van der Waals surface area contributed by atoms with Crippen molar-refractivity contribution in [3.05, 3.63) is 29.3 Å². The molecule has 1 aromatic carbocycles. The molecule has 2 aliphatic heterocycles. The van der Waals surface area contributed by atoms with Crippen molar-refractivity contribution in [1.82, 2.24) is 10.2 Å². The van der Waals surface area contributed by atoms with Crippen LogP contribution < -0.4 is 10.2 Å². The van der Waals surface area contributed by atoms with E-state index in [0.29, 0.717) is 0 Å². The molecule has 0 radical (unpaired) electrons. The van der Waals surface area contributed by atoms with Gasteiger partial charge >= 0.3 is 12.0 Å². The minimum atomic E-state index is -0.927. The lowest BCUT2D eigenvalue weighted by Gasteiger charge is -2.34. The molecule has 2 amide bonds. The van der Waals surface area contributed by atoms with Crippen LogP contribution in [0.1, 0.15) is 36.8 Å². The maximum Gasteiger partial charge on any atom is 0.329 e. The first-order valence-electron chi connectivity index (χ1n) is 10.4. The Morgan fingerprint density at radius 3 is 2.61 bits per heavy atom. The third-order valence-corrected chi connectivity index (χ3v) is 6.21. The average molecular weight is 387 g/mol. The Bertz CT molecular complexity index is 730. The summed E-state index contributed by atoms with van der Waals surface area (Å²) < 4.78 is 5.42. The van der Waals surface area contributed by atoms with Crippen LogP contribution in [0.2, 0.25) is 0 Å². The number of fused-ring (bicyclic) bond motifs is 1. The van der Waals surface area contributed by atoms with Crippen LogP contribution in [-0.2, 0) is 22.4 Å². The van der Waals surface area contributed by atoms with E-state index in [9.17, 15) is 9.59 Å². The van der Waals surface area contributed by atoms with E-state index >= 15 is 0 Å². The molecule has 0 aromatic heterocycles. The molecule has 2 fully saturated rings. The van der Waals surface area contributed by atoms with Gasteiger partial charge in [0, 0.05) is 24.8 Å². The lowest BCUT2D eigenvalue weighted by Crippen LogP contribution is -2.42. The Morgan fingerprint density at radius 1 is 1.11 bits per heavy atom. The lowest BCUT2D eigenvalue weighted by molar-refractivity contribution is -0.145. The molecule has 7 heteroatoms. The van der Waals surface area contributed by atoms with E-state index in [4.69, 9.17) is 9.84 Å². The van der Waals surface area contributed by atoms with Crippen LogP contribution >= 0.6 is 0 Å². The Labute approximate surface area is 165 Å². The second-order valence-corrected chi connectivity index (χ2v) is 7.97. The Morgan fingerprint density at radius 2 is 1.86 bits per heavy atom. The fourth-order valence-corrected chi connectivity index (χ4v) is 4.67. The summed E-state index contributed by atoms with van der Waals surface area (Å²) in [6.45, 7) is 3.25. The first-order valence-corrected chi connectivity index (χ1v) is 10.4. The molecule has 2 N–H and O–H groups in total. The maximum atomic E-state index is 13.1. The number of urea groups is 1. The number of carboxylic acids is 1. The van der Waals surface area contributed by atoms with Gasteiger partial charge in [-0.2, -0.15) is 0 Å². The van der Waals surface area contributed by atoms with Crippen LogP contribution in [0.4, 0.5) is 10.5 Å². The zero-order valence-electron chi connectivity index (χ0n) is 16.2. The number of anilines is 1. The first kappa shape index (κ1) is 19.2. The van der Waals surface area contributed by atoms with Gasteiger partial charge in [-0.3, -0.25) is 4.90 Å². The van der Waals surface area contributed by atoms with Crippen molar-refractivity contribution in [2.45, 2.75) is 50.7 Å². The van der Waals surface area contributed by atoms with Crippen molar-refractivity contribution in [2.75, 3.05) is 37.7 Å². The number of carbonyl (C=O) groups is 2. The summed E-state index contributed by atoms with van der Waals surface area (Å²) >= 11 is 0. The number of hydrogen-bond acceptors (Lipinski definition) is 4. The molecular formula is C21H29N3O4. The van der Waals surface area contributed by atoms with E-state index in [1.807, 2.05) is 9.80 Å². The van der Waals surface area contributed by atoms with Crippen molar-refractivity contribution >= 4 is 17.7 Å². The number of ether oxygens (including phenoxy) is 1. The zero-order valence-corrected chi connectivity index (χ0v) is 16.2. The molecular weight excluding hydrogens is 358 g/mol. The van der Waals surface area contributed by atoms with E-state index in [-0.39, 0.29) is 24.8 Å². The van der Waals surface area contributed by atoms with Gasteiger partial charge in [-0.25, -0.2) is 9.59 Å². The van der Waals surface area contributed by atoms with Gasteiger partial charge in [-0.15, -0.1) is 0 Å². The highest BCUT2D eigenvalue weighted by atomic mass is 16.5. The predicted molar refractivity (Wildman–Crippen MR) is 106 cm³/mol. The molecule has 0 bridgehead atoms. The standard InChI is InChI=1S/C21H29N3O4/c25-20(26)14-28-19-5-3-17(4-6-19)23-11-12-24(21(23)27)18-2-1-15-7-9-22-10-8-16(15)13-18/h1-2,13,17,19,22H,3-12,14H2,(H,25,26). The van der Waals surface area contributed by atoms with Crippen molar-refractivity contribution in [1.29, 1.82) is 0 Å². The Balaban J connectivity index is 1.37. The molecule has 7 nitrogen and oxygen atoms in total. The summed E-state index contributed by atoms with van der Waals surface area (Å²) in [5.41, 5.74) is 3.74. The molecule has 3 aliphatic rings. The summed E-state index contributed by atoms with van der Waals surface area (Å²) in [6.07, 6.45) is 5.43. The van der Waals surface area contributed by atoms with Gasteiger partial charge in [0.2, 0.25) is 0 Å². The molecule has 28 heavy (non-hydrogen) atoms. The van der Waals surface area contributed by atoms with Gasteiger partial charge in [0.15, 0.2) is 0 Å². The fraction of sp³-hybridized carbons (Fsp3) is 0.619. The molecule has 0 atom stereocenters. The first-order chi connectivity index (χ1) is 13.6. The number of rotatable bonds is 5. The van der Waals surface area contributed by atoms with Crippen LogP contribution in [0, 0.1) is 0 Å². The third kappa shape index (κ3) is 4.15. The molecule has 4 rings (SSSR count). The van der Waals surface area contributed by atoms with Gasteiger partial charge in [0.25, 0.3) is 0 Å². The monoisotopic (exact) mass is 387 g/mol. The Hall–Kier alpha value is -2.12. The number of carboxylic acid groups (broad SMARTS) is 1. The summed E-state index contributed by atoms with van der Waals surface area (Å²) in [6, 6.07) is 6.79. The fourth-order valence-electron chi connectivity index (χ4n) is 4.67. The smallest absolute Gasteiger partial charge is 0.329 e. The molecule has 0 unspecified atom stereocenters. The second-order valence-electron chi connectivity index (χ2n) is 7.97. The quantitative estimate of drug-likeness (QED) is 0.808. The van der Waals surface area contributed by atoms with Crippen LogP contribution in [-0.4, -0.2) is 66.9 Å². The number of carbonyl (C=O) groups excluding carboxylic acids is 1. The summed E-state index contributed by atoms with van der Waals surface area (Å²) in [5, 5.41) is 12.2. The minimum absolute atomic E-state index is 0.000603. The highest BCUT2D eigenvalue weighted by molar-refractivity contribution is 5.94. The maximum absolute atomic E-state index is 13.1. The van der Waals surface area contributed by atoms with Crippen LogP contribution in [0.15, 0.2) is 18.2 Å².